The van der Waals surface area contributed by atoms with Gasteiger partial charge < -0.3 is 15.5 Å². The molecule has 1 aromatic heterocycles. The summed E-state index contributed by atoms with van der Waals surface area (Å²) in [6.45, 7) is -0.108. The summed E-state index contributed by atoms with van der Waals surface area (Å²) < 4.78 is 0. The average molecular weight is 258 g/mol. The highest BCUT2D eigenvalue weighted by molar-refractivity contribution is 5.85. The number of nitrogens with one attached hydrogen (secondary N) is 1. The minimum atomic E-state index is -1.08. The fraction of sp³-hybridized carbons (Fsp3) is 0.143. The van der Waals surface area contributed by atoms with Gasteiger partial charge in [-0.2, -0.15) is 0 Å². The van der Waals surface area contributed by atoms with Crippen molar-refractivity contribution in [1.29, 1.82) is 0 Å². The smallest absolute Gasteiger partial charge is 0.354 e. The molecule has 1 unspecified atom stereocenters. The van der Waals surface area contributed by atoms with Crippen molar-refractivity contribution in [1.82, 2.24) is 4.98 Å². The molecular formula is C14H14N2O3. The maximum atomic E-state index is 10.8. The number of aliphatic hydroxyl groups is 1. The number of hydrogen-bond donors (Lipinski definition) is 3. The van der Waals surface area contributed by atoms with E-state index in [4.69, 9.17) is 5.11 Å². The lowest BCUT2D eigenvalue weighted by molar-refractivity contribution is 0.0690. The van der Waals surface area contributed by atoms with Crippen LogP contribution in [0.5, 0.6) is 0 Å². The van der Waals surface area contributed by atoms with E-state index in [1.165, 1.54) is 6.07 Å². The quantitative estimate of drug-likeness (QED) is 0.763. The summed E-state index contributed by atoms with van der Waals surface area (Å²) in [4.78, 5) is 14.8. The number of carbonyl (C=O) groups is 1. The third-order valence-electron chi connectivity index (χ3n) is 2.67. The molecule has 0 saturated carbocycles. The van der Waals surface area contributed by atoms with Crippen molar-refractivity contribution < 1.29 is 15.0 Å². The number of benzene rings is 1. The van der Waals surface area contributed by atoms with Gasteiger partial charge in [0.25, 0.3) is 0 Å². The standard InChI is InChI=1S/C14H14N2O3/c17-9-12(10-5-2-1-3-6-10)16-13-8-4-7-11(15-13)14(18)19/h1-8,12,17H,9H2,(H,15,16)(H,18,19). The van der Waals surface area contributed by atoms with Gasteiger partial charge in [-0.3, -0.25) is 0 Å². The number of carboxylic acids is 1. The number of rotatable bonds is 5. The molecule has 5 heteroatoms. The molecule has 0 spiro atoms. The van der Waals surface area contributed by atoms with E-state index >= 15 is 0 Å². The minimum absolute atomic E-state index is 0.0326. The van der Waals surface area contributed by atoms with Crippen molar-refractivity contribution in [3.8, 4) is 0 Å². The van der Waals surface area contributed by atoms with E-state index in [0.717, 1.165) is 5.56 Å². The first-order valence-electron chi connectivity index (χ1n) is 5.83. The van der Waals surface area contributed by atoms with Crippen LogP contribution >= 0.6 is 0 Å². The molecule has 1 aromatic carbocycles. The van der Waals surface area contributed by atoms with E-state index < -0.39 is 5.97 Å². The number of nitrogens with zero attached hydrogens (tertiary/aromatic N) is 1. The molecule has 0 aliphatic heterocycles. The van der Waals surface area contributed by atoms with Gasteiger partial charge in [0.2, 0.25) is 0 Å². The molecule has 0 saturated heterocycles. The highest BCUT2D eigenvalue weighted by Crippen LogP contribution is 2.17. The highest BCUT2D eigenvalue weighted by atomic mass is 16.4. The lowest BCUT2D eigenvalue weighted by Crippen LogP contribution is -2.16. The molecule has 1 heterocycles. The fourth-order valence-electron chi connectivity index (χ4n) is 1.73. The summed E-state index contributed by atoms with van der Waals surface area (Å²) >= 11 is 0. The number of anilines is 1. The summed E-state index contributed by atoms with van der Waals surface area (Å²) in [7, 11) is 0. The number of carboxylic acid groups (broad SMARTS) is 1. The summed E-state index contributed by atoms with van der Waals surface area (Å²) in [5, 5.41) is 21.3. The second kappa shape index (κ2) is 5.97. The van der Waals surface area contributed by atoms with Gasteiger partial charge in [-0.1, -0.05) is 36.4 Å². The second-order valence-electron chi connectivity index (χ2n) is 4.00. The summed E-state index contributed by atoms with van der Waals surface area (Å²) in [5.74, 6) is -0.660. The molecule has 0 amide bonds. The van der Waals surface area contributed by atoms with Gasteiger partial charge >= 0.3 is 5.97 Å². The molecule has 0 radical (unpaired) electrons. The predicted molar refractivity (Wildman–Crippen MR) is 71.1 cm³/mol. The van der Waals surface area contributed by atoms with E-state index in [1.807, 2.05) is 30.3 Å². The molecule has 0 bridgehead atoms. The van der Waals surface area contributed by atoms with Crippen LogP contribution in [-0.2, 0) is 0 Å². The van der Waals surface area contributed by atoms with Crippen LogP contribution in [0.25, 0.3) is 0 Å². The number of aromatic carboxylic acids is 1. The number of pyridine rings is 1. The molecule has 2 rings (SSSR count). The van der Waals surface area contributed by atoms with Crippen molar-refractivity contribution >= 4 is 11.8 Å². The van der Waals surface area contributed by atoms with Gasteiger partial charge in [0, 0.05) is 0 Å². The van der Waals surface area contributed by atoms with Gasteiger partial charge in [0.05, 0.1) is 12.6 Å². The zero-order valence-electron chi connectivity index (χ0n) is 10.2. The van der Waals surface area contributed by atoms with Gasteiger partial charge in [0.15, 0.2) is 5.69 Å². The molecule has 19 heavy (non-hydrogen) atoms. The fourth-order valence-corrected chi connectivity index (χ4v) is 1.73. The van der Waals surface area contributed by atoms with E-state index in [2.05, 4.69) is 10.3 Å². The summed E-state index contributed by atoms with van der Waals surface area (Å²) in [6, 6.07) is 13.8. The van der Waals surface area contributed by atoms with Gasteiger partial charge in [-0.15, -0.1) is 0 Å². The zero-order valence-corrected chi connectivity index (χ0v) is 10.2. The topological polar surface area (TPSA) is 82.5 Å². The molecule has 98 valence electrons. The molecule has 2 aromatic rings. The van der Waals surface area contributed by atoms with Gasteiger partial charge in [0.1, 0.15) is 5.82 Å². The van der Waals surface area contributed by atoms with Crippen LogP contribution < -0.4 is 5.32 Å². The Bertz CT molecular complexity index is 558. The maximum Gasteiger partial charge on any atom is 0.354 e. The maximum absolute atomic E-state index is 10.8. The largest absolute Gasteiger partial charge is 0.477 e. The summed E-state index contributed by atoms with van der Waals surface area (Å²) in [5.41, 5.74) is 0.877. The van der Waals surface area contributed by atoms with Crippen molar-refractivity contribution in [2.24, 2.45) is 0 Å². The van der Waals surface area contributed by atoms with Crippen LogP contribution in [0.2, 0.25) is 0 Å². The number of hydrogen-bond acceptors (Lipinski definition) is 4. The molecule has 5 nitrogen and oxygen atoms in total. The minimum Gasteiger partial charge on any atom is -0.477 e. The SMILES string of the molecule is O=C(O)c1cccc(NC(CO)c2ccccc2)n1. The predicted octanol–water partition coefficient (Wildman–Crippen LogP) is 1.93. The number of aliphatic hydroxyl groups excluding tert-OH is 1. The van der Waals surface area contributed by atoms with Gasteiger partial charge in [-0.25, -0.2) is 9.78 Å². The van der Waals surface area contributed by atoms with Crippen LogP contribution in [0, 0.1) is 0 Å². The Labute approximate surface area is 110 Å². The first-order chi connectivity index (χ1) is 9.20. The van der Waals surface area contributed by atoms with Crippen molar-refractivity contribution in [3.63, 3.8) is 0 Å². The van der Waals surface area contributed by atoms with Crippen LogP contribution in [0.4, 0.5) is 5.82 Å². The van der Waals surface area contributed by atoms with Crippen LogP contribution in [0.15, 0.2) is 48.5 Å². The molecule has 0 aliphatic carbocycles. The Morgan fingerprint density at radius 3 is 2.53 bits per heavy atom. The third kappa shape index (κ3) is 3.29. The van der Waals surface area contributed by atoms with E-state index in [0.29, 0.717) is 5.82 Å². The Kier molecular flexibility index (Phi) is 4.10. The first kappa shape index (κ1) is 13.0. The Morgan fingerprint density at radius 1 is 1.16 bits per heavy atom. The number of aromatic nitrogens is 1. The molecule has 3 N–H and O–H groups in total. The Hall–Kier alpha value is -2.40. The average Bonchev–Trinajstić information content (AvgIpc) is 2.46. The van der Waals surface area contributed by atoms with Crippen LogP contribution in [0.3, 0.4) is 0 Å². The van der Waals surface area contributed by atoms with Crippen molar-refractivity contribution in [2.75, 3.05) is 11.9 Å². The normalized spacial score (nSPS) is 11.8. The third-order valence-corrected chi connectivity index (χ3v) is 2.67. The van der Waals surface area contributed by atoms with E-state index in [1.54, 1.807) is 12.1 Å². The van der Waals surface area contributed by atoms with Crippen LogP contribution in [-0.4, -0.2) is 27.8 Å². The molecular weight excluding hydrogens is 244 g/mol. The lowest BCUT2D eigenvalue weighted by Gasteiger charge is -2.17. The molecule has 0 fully saturated rings. The lowest BCUT2D eigenvalue weighted by atomic mass is 10.1. The van der Waals surface area contributed by atoms with Gasteiger partial charge in [-0.05, 0) is 17.7 Å². The van der Waals surface area contributed by atoms with E-state index in [-0.39, 0.29) is 18.3 Å². The van der Waals surface area contributed by atoms with Crippen molar-refractivity contribution in [3.05, 3.63) is 59.8 Å². The summed E-state index contributed by atoms with van der Waals surface area (Å²) in [6.07, 6.45) is 0. The molecule has 1 atom stereocenters. The monoisotopic (exact) mass is 258 g/mol. The Balaban J connectivity index is 2.19. The van der Waals surface area contributed by atoms with Crippen LogP contribution in [0.1, 0.15) is 22.1 Å². The Morgan fingerprint density at radius 2 is 1.89 bits per heavy atom. The second-order valence-corrected chi connectivity index (χ2v) is 4.00. The first-order valence-corrected chi connectivity index (χ1v) is 5.83. The van der Waals surface area contributed by atoms with E-state index in [9.17, 15) is 9.90 Å². The molecule has 0 aliphatic rings. The van der Waals surface area contributed by atoms with Crippen molar-refractivity contribution in [2.45, 2.75) is 6.04 Å². The zero-order chi connectivity index (χ0) is 13.7. The highest BCUT2D eigenvalue weighted by Gasteiger charge is 2.11.